The van der Waals surface area contributed by atoms with Crippen molar-refractivity contribution in [1.82, 2.24) is 5.32 Å². The van der Waals surface area contributed by atoms with E-state index in [0.717, 1.165) is 5.56 Å². The molecule has 2 rings (SSSR count). The van der Waals surface area contributed by atoms with Crippen LogP contribution >= 0.6 is 0 Å². The molecule has 0 heterocycles. The first-order valence-electron chi connectivity index (χ1n) is 10.3. The smallest absolute Gasteiger partial charge is 0.408 e. The van der Waals surface area contributed by atoms with E-state index in [9.17, 15) is 19.2 Å². The second-order valence-electron chi connectivity index (χ2n) is 7.22. The lowest BCUT2D eigenvalue weighted by Gasteiger charge is -2.22. The van der Waals surface area contributed by atoms with E-state index < -0.39 is 30.0 Å². The number of esters is 3. The Hall–Kier alpha value is -3.88. The molecule has 33 heavy (non-hydrogen) atoms. The van der Waals surface area contributed by atoms with Gasteiger partial charge >= 0.3 is 24.0 Å². The van der Waals surface area contributed by atoms with Crippen LogP contribution in [0.3, 0.4) is 0 Å². The van der Waals surface area contributed by atoms with Crippen molar-refractivity contribution in [2.45, 2.75) is 32.9 Å². The zero-order chi connectivity index (χ0) is 24.4. The molecule has 9 nitrogen and oxygen atoms in total. The summed E-state index contributed by atoms with van der Waals surface area (Å²) in [5, 5.41) is 2.54. The van der Waals surface area contributed by atoms with Crippen LogP contribution in [0.2, 0.25) is 0 Å². The van der Waals surface area contributed by atoms with Crippen LogP contribution in [0.5, 0.6) is 5.75 Å². The Balaban J connectivity index is 2.17. The van der Waals surface area contributed by atoms with Gasteiger partial charge in [-0.1, -0.05) is 50.6 Å². The number of hydrogen-bond acceptors (Lipinski definition) is 8. The lowest BCUT2D eigenvalue weighted by atomic mass is 9.99. The lowest BCUT2D eigenvalue weighted by molar-refractivity contribution is -0.138. The maximum atomic E-state index is 12.9. The van der Waals surface area contributed by atoms with Gasteiger partial charge in [0.15, 0.2) is 0 Å². The maximum absolute atomic E-state index is 12.9. The van der Waals surface area contributed by atoms with Crippen LogP contribution < -0.4 is 10.1 Å². The predicted molar refractivity (Wildman–Crippen MR) is 118 cm³/mol. The van der Waals surface area contributed by atoms with Crippen LogP contribution in [0.4, 0.5) is 4.79 Å². The molecule has 0 bridgehead atoms. The Kier molecular flexibility index (Phi) is 9.41. The minimum absolute atomic E-state index is 0.00137. The summed E-state index contributed by atoms with van der Waals surface area (Å²) < 4.78 is 20.0. The minimum atomic E-state index is -1.03. The van der Waals surface area contributed by atoms with E-state index in [2.05, 4.69) is 14.8 Å². The number of carbonyl (C=O) groups excluding carboxylic acids is 4. The third-order valence-corrected chi connectivity index (χ3v) is 4.92. The van der Waals surface area contributed by atoms with Gasteiger partial charge in [0.05, 0.1) is 25.3 Å². The average molecular weight is 457 g/mol. The van der Waals surface area contributed by atoms with E-state index in [1.807, 2.05) is 25.1 Å². The summed E-state index contributed by atoms with van der Waals surface area (Å²) in [6, 6.07) is 11.9. The Morgan fingerprint density at radius 3 is 2.00 bits per heavy atom. The lowest BCUT2D eigenvalue weighted by Crippen LogP contribution is -2.47. The number of methoxy groups -OCH3 is 2. The molecule has 0 aliphatic heterocycles. The molecule has 0 aliphatic carbocycles. The SMILES string of the molecule is CC[C@H](C)[C@H](NC(=O)OCc1ccccc1)C(=O)Oc1cc(C(=O)OC)cc(C(=O)OC)c1. The maximum Gasteiger partial charge on any atom is 0.408 e. The number of carbonyl (C=O) groups is 4. The molecule has 1 amide bonds. The van der Waals surface area contributed by atoms with E-state index in [-0.39, 0.29) is 29.4 Å². The van der Waals surface area contributed by atoms with Gasteiger partial charge in [0.25, 0.3) is 0 Å². The van der Waals surface area contributed by atoms with Crippen molar-refractivity contribution in [2.75, 3.05) is 14.2 Å². The highest BCUT2D eigenvalue weighted by molar-refractivity contribution is 5.96. The average Bonchev–Trinajstić information content (AvgIpc) is 2.84. The molecule has 2 atom stereocenters. The fourth-order valence-corrected chi connectivity index (χ4v) is 2.87. The highest BCUT2D eigenvalue weighted by atomic mass is 16.6. The number of nitrogens with one attached hydrogen (secondary N) is 1. The quantitative estimate of drug-likeness (QED) is 0.345. The topological polar surface area (TPSA) is 117 Å². The summed E-state index contributed by atoms with van der Waals surface area (Å²) >= 11 is 0. The predicted octanol–water partition coefficient (Wildman–Crippen LogP) is 3.51. The van der Waals surface area contributed by atoms with Crippen LogP contribution in [0.25, 0.3) is 0 Å². The van der Waals surface area contributed by atoms with Crippen molar-refractivity contribution in [3.05, 3.63) is 65.2 Å². The number of rotatable bonds is 9. The molecular weight excluding hydrogens is 430 g/mol. The van der Waals surface area contributed by atoms with Gasteiger partial charge in [-0.2, -0.15) is 0 Å². The molecule has 0 fully saturated rings. The van der Waals surface area contributed by atoms with Crippen molar-refractivity contribution in [3.63, 3.8) is 0 Å². The molecule has 0 saturated carbocycles. The summed E-state index contributed by atoms with van der Waals surface area (Å²) in [6.07, 6.45) is -0.214. The van der Waals surface area contributed by atoms with E-state index in [1.54, 1.807) is 19.1 Å². The van der Waals surface area contributed by atoms with E-state index in [0.29, 0.717) is 6.42 Å². The van der Waals surface area contributed by atoms with Crippen LogP contribution in [-0.2, 0) is 25.6 Å². The van der Waals surface area contributed by atoms with Gasteiger partial charge in [-0.3, -0.25) is 0 Å². The first-order chi connectivity index (χ1) is 15.8. The Labute approximate surface area is 192 Å². The number of ether oxygens (including phenoxy) is 4. The van der Waals surface area contributed by atoms with E-state index in [4.69, 9.17) is 9.47 Å². The molecule has 1 N–H and O–H groups in total. The highest BCUT2D eigenvalue weighted by Crippen LogP contribution is 2.21. The Bertz CT molecular complexity index is 955. The molecule has 0 saturated heterocycles. The molecule has 0 spiro atoms. The molecular formula is C24H27NO8. The zero-order valence-electron chi connectivity index (χ0n) is 19.0. The summed E-state index contributed by atoms with van der Waals surface area (Å²) in [5.74, 6) is -2.58. The minimum Gasteiger partial charge on any atom is -0.465 e. The molecule has 0 aromatic heterocycles. The molecule has 0 radical (unpaired) electrons. The fraction of sp³-hybridized carbons (Fsp3) is 0.333. The van der Waals surface area contributed by atoms with Crippen LogP contribution in [0, 0.1) is 5.92 Å². The summed E-state index contributed by atoms with van der Waals surface area (Å²) in [6.45, 7) is 3.67. The third kappa shape index (κ3) is 7.34. The standard InChI is InChI=1S/C24H27NO8/c1-5-15(2)20(25-24(29)32-14-16-9-7-6-8-10-16)23(28)33-19-12-17(21(26)30-3)11-18(13-19)22(27)31-4/h6-13,15,20H,5,14H2,1-4H3,(H,25,29)/t15-,20-/m0/s1. The van der Waals surface area contributed by atoms with Crippen LogP contribution in [0.1, 0.15) is 46.5 Å². The highest BCUT2D eigenvalue weighted by Gasteiger charge is 2.29. The van der Waals surface area contributed by atoms with Crippen molar-refractivity contribution >= 4 is 24.0 Å². The summed E-state index contributed by atoms with van der Waals surface area (Å²) in [7, 11) is 2.37. The molecule has 2 aromatic carbocycles. The third-order valence-electron chi connectivity index (χ3n) is 4.92. The van der Waals surface area contributed by atoms with Gasteiger partial charge in [0.2, 0.25) is 0 Å². The Morgan fingerprint density at radius 2 is 1.48 bits per heavy atom. The van der Waals surface area contributed by atoms with Crippen molar-refractivity contribution in [1.29, 1.82) is 0 Å². The van der Waals surface area contributed by atoms with Gasteiger partial charge in [-0.15, -0.1) is 0 Å². The Morgan fingerprint density at radius 1 is 0.909 bits per heavy atom. The summed E-state index contributed by atoms with van der Waals surface area (Å²) in [4.78, 5) is 49.1. The van der Waals surface area contributed by atoms with Crippen LogP contribution in [0.15, 0.2) is 48.5 Å². The zero-order valence-corrected chi connectivity index (χ0v) is 19.0. The van der Waals surface area contributed by atoms with Crippen LogP contribution in [-0.4, -0.2) is 44.3 Å². The number of alkyl carbamates (subject to hydrolysis) is 1. The van der Waals surface area contributed by atoms with Crippen molar-refractivity contribution < 1.29 is 38.1 Å². The van der Waals surface area contributed by atoms with E-state index >= 15 is 0 Å². The monoisotopic (exact) mass is 457 g/mol. The normalized spacial score (nSPS) is 12.1. The largest absolute Gasteiger partial charge is 0.465 e. The molecule has 2 aromatic rings. The van der Waals surface area contributed by atoms with Gasteiger partial charge in [-0.25, -0.2) is 19.2 Å². The molecule has 0 unspecified atom stereocenters. The van der Waals surface area contributed by atoms with Gasteiger partial charge in [0.1, 0.15) is 18.4 Å². The number of benzene rings is 2. The summed E-state index contributed by atoms with van der Waals surface area (Å²) in [5.41, 5.74) is 0.794. The number of amides is 1. The van der Waals surface area contributed by atoms with Crippen molar-refractivity contribution in [3.8, 4) is 5.75 Å². The molecule has 176 valence electrons. The number of hydrogen-bond donors (Lipinski definition) is 1. The first kappa shape index (κ1) is 25.4. The van der Waals surface area contributed by atoms with Gasteiger partial charge in [0, 0.05) is 0 Å². The van der Waals surface area contributed by atoms with Crippen molar-refractivity contribution in [2.24, 2.45) is 5.92 Å². The van der Waals surface area contributed by atoms with Gasteiger partial charge < -0.3 is 24.3 Å². The molecule has 9 heteroatoms. The van der Waals surface area contributed by atoms with E-state index in [1.165, 1.54) is 32.4 Å². The molecule has 0 aliphatic rings. The second-order valence-corrected chi connectivity index (χ2v) is 7.22. The fourth-order valence-electron chi connectivity index (χ4n) is 2.87. The first-order valence-corrected chi connectivity index (χ1v) is 10.3. The second kappa shape index (κ2) is 12.2. The van der Waals surface area contributed by atoms with Gasteiger partial charge in [-0.05, 0) is 29.7 Å².